The second kappa shape index (κ2) is 3.44. The van der Waals surface area contributed by atoms with Crippen LogP contribution in [0.2, 0.25) is 0 Å². The van der Waals surface area contributed by atoms with Gasteiger partial charge in [-0.3, -0.25) is 0 Å². The van der Waals surface area contributed by atoms with E-state index in [2.05, 4.69) is 38.2 Å². The lowest BCUT2D eigenvalue weighted by Crippen LogP contribution is -2.19. The van der Waals surface area contributed by atoms with Gasteiger partial charge in [0.1, 0.15) is 5.75 Å². The van der Waals surface area contributed by atoms with Crippen molar-refractivity contribution in [2.45, 2.75) is 26.7 Å². The molecular formula is C13H19NO. The van der Waals surface area contributed by atoms with Crippen LogP contribution in [0.15, 0.2) is 18.2 Å². The van der Waals surface area contributed by atoms with E-state index in [1.165, 1.54) is 11.3 Å². The Hall–Kier alpha value is -1.18. The first-order chi connectivity index (χ1) is 7.04. The van der Waals surface area contributed by atoms with Gasteiger partial charge < -0.3 is 10.1 Å². The number of fused-ring (bicyclic) bond motifs is 1. The maximum absolute atomic E-state index is 5.36. The molecule has 1 heterocycles. The number of hydrogen-bond donors (Lipinski definition) is 1. The normalized spacial score (nSPS) is 19.6. The Bertz CT molecular complexity index is 365. The molecule has 0 saturated carbocycles. The molecule has 1 aliphatic rings. The standard InChI is InChI=1S/C13H19NO/c1-13(2,3)10-8-14-12-9(10)6-5-7-11(12)15-4/h5-7,10,14H,8H2,1-4H3. The maximum atomic E-state index is 5.36. The van der Waals surface area contributed by atoms with E-state index in [0.717, 1.165) is 12.3 Å². The van der Waals surface area contributed by atoms with Crippen molar-refractivity contribution in [3.05, 3.63) is 23.8 Å². The van der Waals surface area contributed by atoms with Gasteiger partial charge in [-0.2, -0.15) is 0 Å². The van der Waals surface area contributed by atoms with Crippen molar-refractivity contribution < 1.29 is 4.74 Å². The Morgan fingerprint density at radius 3 is 2.67 bits per heavy atom. The molecule has 0 radical (unpaired) electrons. The summed E-state index contributed by atoms with van der Waals surface area (Å²) in [6.45, 7) is 7.87. The fraction of sp³-hybridized carbons (Fsp3) is 0.538. The number of hydrogen-bond acceptors (Lipinski definition) is 2. The number of benzene rings is 1. The minimum atomic E-state index is 0.296. The third-order valence-corrected chi connectivity index (χ3v) is 3.18. The molecule has 0 bridgehead atoms. The molecule has 1 aromatic rings. The fourth-order valence-corrected chi connectivity index (χ4v) is 2.28. The second-order valence-corrected chi connectivity index (χ2v) is 5.22. The molecule has 1 N–H and O–H groups in total. The number of para-hydroxylation sites is 1. The van der Waals surface area contributed by atoms with Gasteiger partial charge in [0, 0.05) is 12.5 Å². The topological polar surface area (TPSA) is 21.3 Å². The Kier molecular flexibility index (Phi) is 2.37. The smallest absolute Gasteiger partial charge is 0.142 e. The van der Waals surface area contributed by atoms with E-state index in [-0.39, 0.29) is 0 Å². The number of rotatable bonds is 1. The molecule has 0 aliphatic carbocycles. The van der Waals surface area contributed by atoms with Gasteiger partial charge in [0.05, 0.1) is 12.8 Å². The van der Waals surface area contributed by atoms with Crippen LogP contribution in [0.1, 0.15) is 32.3 Å². The molecule has 15 heavy (non-hydrogen) atoms. The molecule has 0 amide bonds. The molecule has 0 fully saturated rings. The first-order valence-electron chi connectivity index (χ1n) is 5.45. The highest BCUT2D eigenvalue weighted by Gasteiger charge is 2.33. The summed E-state index contributed by atoms with van der Waals surface area (Å²) in [5, 5.41) is 3.45. The molecule has 1 aliphatic heterocycles. The van der Waals surface area contributed by atoms with Crippen molar-refractivity contribution in [3.8, 4) is 5.75 Å². The Balaban J connectivity index is 2.44. The zero-order chi connectivity index (χ0) is 11.1. The number of ether oxygens (including phenoxy) is 1. The zero-order valence-electron chi connectivity index (χ0n) is 9.92. The molecule has 0 aromatic heterocycles. The van der Waals surface area contributed by atoms with E-state index in [9.17, 15) is 0 Å². The van der Waals surface area contributed by atoms with Gasteiger partial charge in [-0.05, 0) is 17.0 Å². The van der Waals surface area contributed by atoms with Gasteiger partial charge in [0.15, 0.2) is 0 Å². The van der Waals surface area contributed by atoms with Crippen LogP contribution in [0.5, 0.6) is 5.75 Å². The Labute approximate surface area is 91.6 Å². The molecule has 1 aromatic carbocycles. The molecular weight excluding hydrogens is 186 g/mol. The van der Waals surface area contributed by atoms with E-state index >= 15 is 0 Å². The molecule has 0 spiro atoms. The highest BCUT2D eigenvalue weighted by Crippen LogP contribution is 2.45. The van der Waals surface area contributed by atoms with Crippen molar-refractivity contribution in [2.75, 3.05) is 19.0 Å². The van der Waals surface area contributed by atoms with E-state index in [0.29, 0.717) is 11.3 Å². The minimum absolute atomic E-state index is 0.296. The van der Waals surface area contributed by atoms with E-state index in [1.807, 2.05) is 6.07 Å². The zero-order valence-corrected chi connectivity index (χ0v) is 9.92. The minimum Gasteiger partial charge on any atom is -0.495 e. The molecule has 82 valence electrons. The number of nitrogens with one attached hydrogen (secondary N) is 1. The monoisotopic (exact) mass is 205 g/mol. The Morgan fingerprint density at radius 1 is 1.33 bits per heavy atom. The van der Waals surface area contributed by atoms with Gasteiger partial charge >= 0.3 is 0 Å². The van der Waals surface area contributed by atoms with E-state index in [4.69, 9.17) is 4.74 Å². The number of methoxy groups -OCH3 is 1. The highest BCUT2D eigenvalue weighted by atomic mass is 16.5. The summed E-state index contributed by atoms with van der Waals surface area (Å²) in [5.41, 5.74) is 2.87. The summed E-state index contributed by atoms with van der Waals surface area (Å²) >= 11 is 0. The van der Waals surface area contributed by atoms with Crippen LogP contribution in [0.25, 0.3) is 0 Å². The first-order valence-corrected chi connectivity index (χ1v) is 5.45. The molecule has 1 atom stereocenters. The van der Waals surface area contributed by atoms with Gasteiger partial charge in [-0.25, -0.2) is 0 Å². The number of anilines is 1. The molecule has 2 heteroatoms. The average Bonchev–Trinajstić information content (AvgIpc) is 2.59. The Morgan fingerprint density at radius 2 is 2.07 bits per heavy atom. The van der Waals surface area contributed by atoms with Crippen LogP contribution >= 0.6 is 0 Å². The van der Waals surface area contributed by atoms with Gasteiger partial charge in [-0.15, -0.1) is 0 Å². The summed E-state index contributed by atoms with van der Waals surface area (Å²) in [4.78, 5) is 0. The lowest BCUT2D eigenvalue weighted by molar-refractivity contribution is 0.339. The lowest BCUT2D eigenvalue weighted by Gasteiger charge is -2.26. The summed E-state index contributed by atoms with van der Waals surface area (Å²) in [5.74, 6) is 1.53. The molecule has 0 saturated heterocycles. The molecule has 2 nitrogen and oxygen atoms in total. The predicted molar refractivity (Wildman–Crippen MR) is 63.7 cm³/mol. The summed E-state index contributed by atoms with van der Waals surface area (Å²) in [6.07, 6.45) is 0. The van der Waals surface area contributed by atoms with Crippen LogP contribution in [-0.4, -0.2) is 13.7 Å². The van der Waals surface area contributed by atoms with Crippen LogP contribution in [0.4, 0.5) is 5.69 Å². The molecule has 1 unspecified atom stereocenters. The van der Waals surface area contributed by atoms with Crippen molar-refractivity contribution >= 4 is 5.69 Å². The first kappa shape index (κ1) is 10.3. The second-order valence-electron chi connectivity index (χ2n) is 5.22. The highest BCUT2D eigenvalue weighted by molar-refractivity contribution is 5.67. The van der Waals surface area contributed by atoms with Crippen molar-refractivity contribution in [1.29, 1.82) is 0 Å². The summed E-state index contributed by atoms with van der Waals surface area (Å²) in [7, 11) is 1.72. The quantitative estimate of drug-likeness (QED) is 0.760. The third-order valence-electron chi connectivity index (χ3n) is 3.18. The third kappa shape index (κ3) is 1.69. The van der Waals surface area contributed by atoms with Crippen LogP contribution in [0.3, 0.4) is 0 Å². The van der Waals surface area contributed by atoms with Crippen molar-refractivity contribution in [2.24, 2.45) is 5.41 Å². The van der Waals surface area contributed by atoms with Gasteiger partial charge in [0.25, 0.3) is 0 Å². The maximum Gasteiger partial charge on any atom is 0.142 e. The van der Waals surface area contributed by atoms with E-state index in [1.54, 1.807) is 7.11 Å². The van der Waals surface area contributed by atoms with Gasteiger partial charge in [0.2, 0.25) is 0 Å². The summed E-state index contributed by atoms with van der Waals surface area (Å²) < 4.78 is 5.36. The van der Waals surface area contributed by atoms with Crippen molar-refractivity contribution in [3.63, 3.8) is 0 Å². The largest absolute Gasteiger partial charge is 0.495 e. The SMILES string of the molecule is COc1cccc2c1NCC2C(C)(C)C. The van der Waals surface area contributed by atoms with Crippen LogP contribution in [-0.2, 0) is 0 Å². The fourth-order valence-electron chi connectivity index (χ4n) is 2.28. The summed E-state index contributed by atoms with van der Waals surface area (Å²) in [6, 6.07) is 6.29. The van der Waals surface area contributed by atoms with Crippen LogP contribution < -0.4 is 10.1 Å². The molecule has 2 rings (SSSR count). The average molecular weight is 205 g/mol. The van der Waals surface area contributed by atoms with E-state index < -0.39 is 0 Å². The van der Waals surface area contributed by atoms with Crippen LogP contribution in [0, 0.1) is 5.41 Å². The predicted octanol–water partition coefficient (Wildman–Crippen LogP) is 3.25. The van der Waals surface area contributed by atoms with Gasteiger partial charge in [-0.1, -0.05) is 32.9 Å². The van der Waals surface area contributed by atoms with Crippen molar-refractivity contribution in [1.82, 2.24) is 0 Å². The lowest BCUT2D eigenvalue weighted by atomic mass is 9.78.